The highest BCUT2D eigenvalue weighted by molar-refractivity contribution is 6.02. The highest BCUT2D eigenvalue weighted by atomic mass is 16.5. The number of rotatable bonds is 4. The number of nitrogens with zero attached hydrogens (tertiary/aromatic N) is 1. The van der Waals surface area contributed by atoms with Gasteiger partial charge in [-0.05, 0) is 18.2 Å². The minimum Gasteiger partial charge on any atom is -0.377 e. The maximum Gasteiger partial charge on any atom is 0.277 e. The molecule has 21 heavy (non-hydrogen) atoms. The molecule has 0 fully saturated rings. The Morgan fingerprint density at radius 2 is 2.33 bits per heavy atom. The molecule has 0 atom stereocenters. The number of methoxy groups -OCH3 is 1. The quantitative estimate of drug-likeness (QED) is 0.828. The van der Waals surface area contributed by atoms with Gasteiger partial charge < -0.3 is 20.3 Å². The Hall–Kier alpha value is -2.62. The van der Waals surface area contributed by atoms with Crippen LogP contribution in [0.25, 0.3) is 0 Å². The van der Waals surface area contributed by atoms with E-state index in [4.69, 9.17) is 15.0 Å². The standard InChI is InChI=1S/C15H15N3O3/c1-20-10-13-9-14(18-21-13)15(19)17-12-6-2-4-11(8-12)5-3-7-16/h2,4,6,8-9H,7,10,16H2,1H3,(H,17,19). The molecule has 6 heteroatoms. The van der Waals surface area contributed by atoms with Crippen molar-refractivity contribution in [1.82, 2.24) is 5.16 Å². The molecule has 1 aromatic heterocycles. The summed E-state index contributed by atoms with van der Waals surface area (Å²) < 4.78 is 9.87. The lowest BCUT2D eigenvalue weighted by molar-refractivity contribution is 0.101. The van der Waals surface area contributed by atoms with Crippen molar-refractivity contribution in [2.24, 2.45) is 5.73 Å². The average molecular weight is 285 g/mol. The molecule has 3 N–H and O–H groups in total. The monoisotopic (exact) mass is 285 g/mol. The molecule has 0 bridgehead atoms. The molecule has 0 aliphatic rings. The van der Waals surface area contributed by atoms with E-state index >= 15 is 0 Å². The third-order valence-electron chi connectivity index (χ3n) is 2.53. The van der Waals surface area contributed by atoms with Gasteiger partial charge in [-0.25, -0.2) is 0 Å². The van der Waals surface area contributed by atoms with Gasteiger partial charge in [0, 0.05) is 24.4 Å². The number of benzene rings is 1. The van der Waals surface area contributed by atoms with Gasteiger partial charge in [0.05, 0.1) is 6.54 Å². The van der Waals surface area contributed by atoms with Gasteiger partial charge in [-0.2, -0.15) is 0 Å². The number of nitrogens with one attached hydrogen (secondary N) is 1. The fraction of sp³-hybridized carbons (Fsp3) is 0.200. The van der Waals surface area contributed by atoms with Crippen molar-refractivity contribution >= 4 is 11.6 Å². The summed E-state index contributed by atoms with van der Waals surface area (Å²) in [7, 11) is 1.54. The third kappa shape index (κ3) is 4.18. The summed E-state index contributed by atoms with van der Waals surface area (Å²) in [5.74, 6) is 5.79. The fourth-order valence-corrected chi connectivity index (χ4v) is 1.65. The average Bonchev–Trinajstić information content (AvgIpc) is 2.95. The van der Waals surface area contributed by atoms with Gasteiger partial charge in [-0.15, -0.1) is 0 Å². The van der Waals surface area contributed by atoms with E-state index in [-0.39, 0.29) is 24.8 Å². The van der Waals surface area contributed by atoms with E-state index in [0.29, 0.717) is 11.4 Å². The molecule has 6 nitrogen and oxygen atoms in total. The van der Waals surface area contributed by atoms with Crippen LogP contribution in [-0.2, 0) is 11.3 Å². The highest BCUT2D eigenvalue weighted by Gasteiger charge is 2.12. The summed E-state index contributed by atoms with van der Waals surface area (Å²) in [5, 5.41) is 6.42. The van der Waals surface area contributed by atoms with Crippen molar-refractivity contribution in [3.05, 3.63) is 47.3 Å². The first-order valence-electron chi connectivity index (χ1n) is 6.28. The summed E-state index contributed by atoms with van der Waals surface area (Å²) in [6.45, 7) is 0.558. The molecule has 0 saturated heterocycles. The number of amides is 1. The Morgan fingerprint density at radius 1 is 1.48 bits per heavy atom. The molecule has 2 aromatic rings. The van der Waals surface area contributed by atoms with Crippen LogP contribution >= 0.6 is 0 Å². The van der Waals surface area contributed by atoms with Crippen molar-refractivity contribution in [1.29, 1.82) is 0 Å². The molecule has 1 aromatic carbocycles. The molecule has 1 heterocycles. The van der Waals surface area contributed by atoms with Crippen LogP contribution in [0.4, 0.5) is 5.69 Å². The zero-order valence-electron chi connectivity index (χ0n) is 11.6. The van der Waals surface area contributed by atoms with E-state index in [2.05, 4.69) is 22.3 Å². The second kappa shape index (κ2) is 7.24. The van der Waals surface area contributed by atoms with Crippen LogP contribution in [0.2, 0.25) is 0 Å². The van der Waals surface area contributed by atoms with E-state index in [0.717, 1.165) is 5.56 Å². The molecule has 0 radical (unpaired) electrons. The van der Waals surface area contributed by atoms with Crippen LogP contribution < -0.4 is 11.1 Å². The Morgan fingerprint density at radius 3 is 3.10 bits per heavy atom. The molecule has 0 spiro atoms. The number of hydrogen-bond donors (Lipinski definition) is 2. The van der Waals surface area contributed by atoms with Crippen LogP contribution in [0.1, 0.15) is 21.8 Å². The van der Waals surface area contributed by atoms with Gasteiger partial charge in [-0.3, -0.25) is 4.79 Å². The number of hydrogen-bond acceptors (Lipinski definition) is 5. The summed E-state index contributed by atoms with van der Waals surface area (Å²) in [6, 6.07) is 8.70. The number of carbonyl (C=O) groups is 1. The number of anilines is 1. The predicted octanol–water partition coefficient (Wildman–Crippen LogP) is 1.38. The van der Waals surface area contributed by atoms with E-state index in [1.165, 1.54) is 13.2 Å². The van der Waals surface area contributed by atoms with Crippen LogP contribution in [0.5, 0.6) is 0 Å². The van der Waals surface area contributed by atoms with Crippen molar-refractivity contribution < 1.29 is 14.1 Å². The topological polar surface area (TPSA) is 90.4 Å². The van der Waals surface area contributed by atoms with Crippen molar-refractivity contribution in [3.8, 4) is 11.8 Å². The Bertz CT molecular complexity index is 683. The molecule has 0 aliphatic carbocycles. The lowest BCUT2D eigenvalue weighted by atomic mass is 10.2. The zero-order valence-corrected chi connectivity index (χ0v) is 11.6. The minimum atomic E-state index is -0.356. The van der Waals surface area contributed by atoms with Crippen LogP contribution in [-0.4, -0.2) is 24.7 Å². The Balaban J connectivity index is 2.08. The molecule has 2 rings (SSSR count). The van der Waals surface area contributed by atoms with Gasteiger partial charge in [0.15, 0.2) is 11.5 Å². The summed E-state index contributed by atoms with van der Waals surface area (Å²) in [4.78, 5) is 12.0. The summed E-state index contributed by atoms with van der Waals surface area (Å²) in [6.07, 6.45) is 0. The minimum absolute atomic E-state index is 0.195. The van der Waals surface area contributed by atoms with Gasteiger partial charge in [-0.1, -0.05) is 23.1 Å². The first-order chi connectivity index (χ1) is 10.2. The normalized spacial score (nSPS) is 9.81. The van der Waals surface area contributed by atoms with Crippen LogP contribution in [0, 0.1) is 11.8 Å². The van der Waals surface area contributed by atoms with E-state index < -0.39 is 0 Å². The molecule has 0 saturated carbocycles. The number of ether oxygens (including phenoxy) is 1. The molecular formula is C15H15N3O3. The molecular weight excluding hydrogens is 270 g/mol. The van der Waals surface area contributed by atoms with Gasteiger partial charge >= 0.3 is 0 Å². The third-order valence-corrected chi connectivity index (χ3v) is 2.53. The SMILES string of the molecule is COCc1cc(C(=O)Nc2cccc(C#CCN)c2)no1. The maximum absolute atomic E-state index is 12.0. The Kier molecular flexibility index (Phi) is 5.10. The van der Waals surface area contributed by atoms with E-state index in [9.17, 15) is 4.79 Å². The van der Waals surface area contributed by atoms with E-state index in [1.54, 1.807) is 18.2 Å². The van der Waals surface area contributed by atoms with E-state index in [1.807, 2.05) is 6.07 Å². The first kappa shape index (κ1) is 14.8. The lowest BCUT2D eigenvalue weighted by Crippen LogP contribution is -2.12. The second-order valence-electron chi connectivity index (χ2n) is 4.15. The molecule has 0 unspecified atom stereocenters. The van der Waals surface area contributed by atoms with Crippen LogP contribution in [0.3, 0.4) is 0 Å². The number of nitrogens with two attached hydrogens (primary N) is 1. The maximum atomic E-state index is 12.0. The van der Waals surface area contributed by atoms with Gasteiger partial charge in [0.1, 0.15) is 6.61 Å². The molecule has 108 valence electrons. The smallest absolute Gasteiger partial charge is 0.277 e. The fourth-order valence-electron chi connectivity index (χ4n) is 1.65. The largest absolute Gasteiger partial charge is 0.377 e. The number of aromatic nitrogens is 1. The van der Waals surface area contributed by atoms with Gasteiger partial charge in [0.2, 0.25) is 0 Å². The predicted molar refractivity (Wildman–Crippen MR) is 77.5 cm³/mol. The molecule has 1 amide bonds. The van der Waals surface area contributed by atoms with Gasteiger partial charge in [0.25, 0.3) is 5.91 Å². The van der Waals surface area contributed by atoms with Crippen LogP contribution in [0.15, 0.2) is 34.9 Å². The lowest BCUT2D eigenvalue weighted by Gasteiger charge is -2.02. The van der Waals surface area contributed by atoms with Crippen molar-refractivity contribution in [2.75, 3.05) is 19.0 Å². The Labute approximate surface area is 122 Å². The number of carbonyl (C=O) groups excluding carboxylic acids is 1. The van der Waals surface area contributed by atoms with Crippen molar-refractivity contribution in [3.63, 3.8) is 0 Å². The summed E-state index contributed by atoms with van der Waals surface area (Å²) in [5.41, 5.74) is 6.92. The zero-order chi connectivity index (χ0) is 15.1. The summed E-state index contributed by atoms with van der Waals surface area (Å²) >= 11 is 0. The molecule has 0 aliphatic heterocycles. The first-order valence-corrected chi connectivity index (χ1v) is 6.28. The second-order valence-corrected chi connectivity index (χ2v) is 4.15. The van der Waals surface area contributed by atoms with Crippen molar-refractivity contribution in [2.45, 2.75) is 6.61 Å². The highest BCUT2D eigenvalue weighted by Crippen LogP contribution is 2.12.